The first-order chi connectivity index (χ1) is 6.79. The molecule has 0 spiro atoms. The Morgan fingerprint density at radius 2 is 2.00 bits per heavy atom. The van der Waals surface area contributed by atoms with E-state index in [1.54, 1.807) is 0 Å². The number of carbonyl (C=O) groups excluding carboxylic acids is 1. The Morgan fingerprint density at radius 3 is 2.57 bits per heavy atom. The van der Waals surface area contributed by atoms with Crippen molar-refractivity contribution in [1.82, 2.24) is 0 Å². The minimum absolute atomic E-state index is 0.0578. The minimum atomic E-state index is -0.226. The molecule has 0 aromatic heterocycles. The van der Waals surface area contributed by atoms with Crippen molar-refractivity contribution in [3.63, 3.8) is 0 Å². The van der Waals surface area contributed by atoms with E-state index in [1.165, 1.54) is 0 Å². The molecule has 1 heterocycles. The molecule has 2 nitrogen and oxygen atoms in total. The Hall–Kier alpha value is -0.860. The van der Waals surface area contributed by atoms with Gasteiger partial charge >= 0.3 is 0 Å². The molecule has 3 heteroatoms. The van der Waals surface area contributed by atoms with Crippen LogP contribution in [-0.2, 0) is 9.53 Å². The zero-order chi connectivity index (χ0) is 9.97. The van der Waals surface area contributed by atoms with E-state index in [2.05, 4.69) is 0 Å². The molecule has 2 atom stereocenters. The lowest BCUT2D eigenvalue weighted by Crippen LogP contribution is -2.07. The van der Waals surface area contributed by atoms with E-state index in [0.29, 0.717) is 0 Å². The number of carbonyl (C=O) groups is 1. The van der Waals surface area contributed by atoms with Crippen molar-refractivity contribution in [2.24, 2.45) is 0 Å². The maximum Gasteiger partial charge on any atom is 0.148 e. The van der Waals surface area contributed by atoms with Crippen molar-refractivity contribution in [3.8, 4) is 0 Å². The number of rotatable bonds is 2. The van der Waals surface area contributed by atoms with Crippen LogP contribution in [0.15, 0.2) is 24.3 Å². The Labute approximate surface area is 87.8 Å². The Kier molecular flexibility index (Phi) is 2.85. The van der Waals surface area contributed by atoms with Crippen LogP contribution in [0.25, 0.3) is 0 Å². The first kappa shape index (κ1) is 9.69. The molecule has 0 radical (unpaired) electrons. The zero-order valence-corrected chi connectivity index (χ0v) is 8.41. The average molecular weight is 211 g/mol. The average Bonchev–Trinajstić information content (AvgIpc) is 2.67. The van der Waals surface area contributed by atoms with Gasteiger partial charge in [-0.05, 0) is 30.5 Å². The van der Waals surface area contributed by atoms with Crippen molar-refractivity contribution in [1.29, 1.82) is 0 Å². The summed E-state index contributed by atoms with van der Waals surface area (Å²) in [7, 11) is 0. The van der Waals surface area contributed by atoms with Gasteiger partial charge in [-0.1, -0.05) is 23.7 Å². The highest BCUT2D eigenvalue weighted by molar-refractivity contribution is 6.30. The zero-order valence-electron chi connectivity index (χ0n) is 7.65. The summed E-state index contributed by atoms with van der Waals surface area (Å²) in [5, 5.41) is 0.721. The van der Waals surface area contributed by atoms with Crippen LogP contribution in [0.4, 0.5) is 0 Å². The SMILES string of the molecule is O=CC1CCC(c2ccc(Cl)cc2)O1. The second-order valence-corrected chi connectivity index (χ2v) is 3.86. The highest BCUT2D eigenvalue weighted by atomic mass is 35.5. The summed E-state index contributed by atoms with van der Waals surface area (Å²) < 4.78 is 5.53. The van der Waals surface area contributed by atoms with Crippen molar-refractivity contribution in [2.45, 2.75) is 25.0 Å². The smallest absolute Gasteiger partial charge is 0.148 e. The van der Waals surface area contributed by atoms with E-state index in [4.69, 9.17) is 16.3 Å². The van der Waals surface area contributed by atoms with E-state index in [-0.39, 0.29) is 12.2 Å². The van der Waals surface area contributed by atoms with Crippen molar-refractivity contribution >= 4 is 17.9 Å². The molecular weight excluding hydrogens is 200 g/mol. The van der Waals surface area contributed by atoms with E-state index < -0.39 is 0 Å². The third-order valence-electron chi connectivity index (χ3n) is 2.45. The van der Waals surface area contributed by atoms with Crippen molar-refractivity contribution in [3.05, 3.63) is 34.9 Å². The lowest BCUT2D eigenvalue weighted by Gasteiger charge is -2.10. The van der Waals surface area contributed by atoms with E-state index in [9.17, 15) is 4.79 Å². The molecule has 1 aliphatic rings. The molecule has 0 saturated carbocycles. The summed E-state index contributed by atoms with van der Waals surface area (Å²) in [6, 6.07) is 7.57. The van der Waals surface area contributed by atoms with Gasteiger partial charge in [-0.3, -0.25) is 0 Å². The number of halogens is 1. The van der Waals surface area contributed by atoms with Crippen LogP contribution < -0.4 is 0 Å². The molecule has 1 fully saturated rings. The molecule has 0 N–H and O–H groups in total. The summed E-state index contributed by atoms with van der Waals surface area (Å²) >= 11 is 5.78. The molecular formula is C11H11ClO2. The van der Waals surface area contributed by atoms with E-state index in [1.807, 2.05) is 24.3 Å². The largest absolute Gasteiger partial charge is 0.363 e. The van der Waals surface area contributed by atoms with Crippen LogP contribution in [0.5, 0.6) is 0 Å². The molecule has 0 bridgehead atoms. The molecule has 1 aromatic carbocycles. The second kappa shape index (κ2) is 4.11. The second-order valence-electron chi connectivity index (χ2n) is 3.43. The van der Waals surface area contributed by atoms with Gasteiger partial charge in [0.25, 0.3) is 0 Å². The number of aldehydes is 1. The van der Waals surface area contributed by atoms with Crippen LogP contribution in [0.2, 0.25) is 5.02 Å². The van der Waals surface area contributed by atoms with E-state index >= 15 is 0 Å². The fourth-order valence-electron chi connectivity index (χ4n) is 1.69. The molecule has 74 valence electrons. The van der Waals surface area contributed by atoms with Gasteiger partial charge in [0.2, 0.25) is 0 Å². The lowest BCUT2D eigenvalue weighted by atomic mass is 10.1. The number of hydrogen-bond donors (Lipinski definition) is 0. The van der Waals surface area contributed by atoms with Gasteiger partial charge in [0.05, 0.1) is 6.10 Å². The third kappa shape index (κ3) is 1.97. The third-order valence-corrected chi connectivity index (χ3v) is 2.70. The van der Waals surface area contributed by atoms with E-state index in [0.717, 1.165) is 29.7 Å². The molecule has 2 unspecified atom stereocenters. The first-order valence-corrected chi connectivity index (χ1v) is 5.03. The summed E-state index contributed by atoms with van der Waals surface area (Å²) in [6.07, 6.45) is 2.43. The van der Waals surface area contributed by atoms with Gasteiger partial charge in [0.1, 0.15) is 12.4 Å². The fraction of sp³-hybridized carbons (Fsp3) is 0.364. The van der Waals surface area contributed by atoms with Crippen LogP contribution in [0.1, 0.15) is 24.5 Å². The van der Waals surface area contributed by atoms with Crippen molar-refractivity contribution < 1.29 is 9.53 Å². The highest BCUT2D eigenvalue weighted by Crippen LogP contribution is 2.32. The predicted octanol–water partition coefficient (Wildman–Crippen LogP) is 2.76. The Morgan fingerprint density at radius 1 is 1.29 bits per heavy atom. The number of hydrogen-bond acceptors (Lipinski definition) is 2. The topological polar surface area (TPSA) is 26.3 Å². The van der Waals surface area contributed by atoms with Crippen LogP contribution in [0.3, 0.4) is 0 Å². The highest BCUT2D eigenvalue weighted by Gasteiger charge is 2.25. The maximum atomic E-state index is 10.5. The number of ether oxygens (including phenoxy) is 1. The molecule has 0 aliphatic carbocycles. The predicted molar refractivity (Wildman–Crippen MR) is 54.4 cm³/mol. The van der Waals surface area contributed by atoms with Crippen LogP contribution in [-0.4, -0.2) is 12.4 Å². The quantitative estimate of drug-likeness (QED) is 0.702. The summed E-state index contributed by atoms with van der Waals surface area (Å²) in [5.74, 6) is 0. The maximum absolute atomic E-state index is 10.5. The monoisotopic (exact) mass is 210 g/mol. The van der Waals surface area contributed by atoms with Gasteiger partial charge in [-0.2, -0.15) is 0 Å². The van der Waals surface area contributed by atoms with Crippen LogP contribution >= 0.6 is 11.6 Å². The Balaban J connectivity index is 2.09. The summed E-state index contributed by atoms with van der Waals surface area (Å²) in [5.41, 5.74) is 1.10. The number of benzene rings is 1. The standard InChI is InChI=1S/C11H11ClO2/c12-9-3-1-8(2-4-9)11-6-5-10(7-13)14-11/h1-4,7,10-11H,5-6H2. The lowest BCUT2D eigenvalue weighted by molar-refractivity contribution is -0.117. The molecule has 1 saturated heterocycles. The minimum Gasteiger partial charge on any atom is -0.363 e. The van der Waals surface area contributed by atoms with Gasteiger partial charge in [0.15, 0.2) is 0 Å². The van der Waals surface area contributed by atoms with Crippen LogP contribution in [0, 0.1) is 0 Å². The van der Waals surface area contributed by atoms with Gasteiger partial charge in [-0.15, -0.1) is 0 Å². The first-order valence-electron chi connectivity index (χ1n) is 4.66. The fourth-order valence-corrected chi connectivity index (χ4v) is 1.81. The summed E-state index contributed by atoms with van der Waals surface area (Å²) in [4.78, 5) is 10.5. The van der Waals surface area contributed by atoms with Gasteiger partial charge in [-0.25, -0.2) is 0 Å². The summed E-state index contributed by atoms with van der Waals surface area (Å²) in [6.45, 7) is 0. The van der Waals surface area contributed by atoms with Crippen molar-refractivity contribution in [2.75, 3.05) is 0 Å². The molecule has 2 rings (SSSR count). The molecule has 14 heavy (non-hydrogen) atoms. The molecule has 1 aromatic rings. The van der Waals surface area contributed by atoms with Gasteiger partial charge in [0, 0.05) is 5.02 Å². The normalized spacial score (nSPS) is 26.4. The Bertz CT molecular complexity index is 321. The molecule has 0 amide bonds. The van der Waals surface area contributed by atoms with Gasteiger partial charge < -0.3 is 9.53 Å². The molecule has 1 aliphatic heterocycles.